The molecule has 1 fully saturated rings. The van der Waals surface area contributed by atoms with Gasteiger partial charge in [0.1, 0.15) is 22.8 Å². The highest BCUT2D eigenvalue weighted by Crippen LogP contribution is 2.53. The summed E-state index contributed by atoms with van der Waals surface area (Å²) in [5.74, 6) is -4.92. The predicted octanol–water partition coefficient (Wildman–Crippen LogP) is 3.60. The summed E-state index contributed by atoms with van der Waals surface area (Å²) in [6, 6.07) is 1.96. The van der Waals surface area contributed by atoms with Crippen LogP contribution >= 0.6 is 0 Å². The summed E-state index contributed by atoms with van der Waals surface area (Å²) in [4.78, 5) is 38.0. The third-order valence-electron chi connectivity index (χ3n) is 7.42. The fourth-order valence-corrected chi connectivity index (χ4v) is 5.86. The fourth-order valence-electron chi connectivity index (χ4n) is 5.86. The smallest absolute Gasteiger partial charge is 0.202 e. The summed E-state index contributed by atoms with van der Waals surface area (Å²) in [6.07, 6.45) is 1.68. The van der Waals surface area contributed by atoms with Crippen LogP contribution in [-0.2, 0) is 27.2 Å². The predicted molar refractivity (Wildman–Crippen MR) is 121 cm³/mol. The normalized spacial score (nSPS) is 27.0. The van der Waals surface area contributed by atoms with Crippen LogP contribution in [-0.4, -0.2) is 43.4 Å². The maximum Gasteiger partial charge on any atom is 0.202 e. The van der Waals surface area contributed by atoms with Crippen molar-refractivity contribution < 1.29 is 34.8 Å². The number of carbonyl (C=O) groups excluding carboxylic acids is 3. The lowest BCUT2D eigenvalue weighted by molar-refractivity contribution is -0.147. The topological polar surface area (TPSA) is 132 Å². The molecule has 3 aliphatic rings. The van der Waals surface area contributed by atoms with Crippen molar-refractivity contribution in [1.29, 1.82) is 0 Å². The van der Waals surface area contributed by atoms with Gasteiger partial charge in [0.05, 0.1) is 5.56 Å². The zero-order valence-electron chi connectivity index (χ0n) is 19.4. The number of phenolic OH excluding ortho intramolecular Hbond substituents is 1. The molecule has 0 saturated heterocycles. The second kappa shape index (κ2) is 7.83. The van der Waals surface area contributed by atoms with Crippen molar-refractivity contribution in [3.05, 3.63) is 45.2 Å². The minimum Gasteiger partial charge on any atom is -0.508 e. The molecule has 1 aromatic carbocycles. The highest BCUT2D eigenvalue weighted by molar-refractivity contribution is 6.23. The number of aliphatic hydroxyl groups is 3. The first-order chi connectivity index (χ1) is 15.4. The minimum absolute atomic E-state index is 0.0660. The van der Waals surface area contributed by atoms with Gasteiger partial charge in [-0.15, -0.1) is 0 Å². The van der Waals surface area contributed by atoms with Crippen molar-refractivity contribution in [2.24, 2.45) is 11.8 Å². The standard InChI is InChI=1S/C26H30O7/c1-5-6-13-8-16(11(2)3)17-9-14-7-15-10-18(28)19(12(4)27)24(31)26(15,33)25(32)20(14)23(30)21(17)22(13)29/h8,11,14-15,29-31,33H,5-7,9-10H2,1-4H3/t14-,15+,26-/m1/s1. The molecule has 4 rings (SSSR count). The van der Waals surface area contributed by atoms with E-state index in [1.165, 1.54) is 0 Å². The van der Waals surface area contributed by atoms with Crippen LogP contribution in [0.15, 0.2) is 23.0 Å². The van der Waals surface area contributed by atoms with Gasteiger partial charge in [0.15, 0.2) is 17.2 Å². The van der Waals surface area contributed by atoms with Crippen LogP contribution in [0.1, 0.15) is 75.1 Å². The van der Waals surface area contributed by atoms with E-state index in [1.54, 1.807) is 0 Å². The second-order valence-corrected chi connectivity index (χ2v) is 9.83. The average molecular weight is 455 g/mol. The van der Waals surface area contributed by atoms with Crippen LogP contribution < -0.4 is 0 Å². The van der Waals surface area contributed by atoms with Gasteiger partial charge in [-0.25, -0.2) is 0 Å². The molecule has 0 unspecified atom stereocenters. The van der Waals surface area contributed by atoms with Crippen LogP contribution in [0.4, 0.5) is 0 Å². The molecule has 1 saturated carbocycles. The van der Waals surface area contributed by atoms with Gasteiger partial charge in [-0.2, -0.15) is 0 Å². The molecule has 0 aliphatic heterocycles. The lowest BCUT2D eigenvalue weighted by Crippen LogP contribution is -2.57. The first kappa shape index (κ1) is 23.2. The number of aryl methyl sites for hydroxylation is 1. The summed E-state index contributed by atoms with van der Waals surface area (Å²) in [5.41, 5.74) is -0.465. The molecule has 0 heterocycles. The third-order valence-corrected chi connectivity index (χ3v) is 7.42. The van der Waals surface area contributed by atoms with Crippen molar-refractivity contribution in [2.45, 2.75) is 71.3 Å². The van der Waals surface area contributed by atoms with Crippen LogP contribution in [0, 0.1) is 11.8 Å². The lowest BCUT2D eigenvalue weighted by Gasteiger charge is -2.46. The van der Waals surface area contributed by atoms with E-state index < -0.39 is 51.9 Å². The molecule has 3 aliphatic carbocycles. The summed E-state index contributed by atoms with van der Waals surface area (Å²) in [5, 5.41) is 44.3. The van der Waals surface area contributed by atoms with E-state index in [-0.39, 0.29) is 35.6 Å². The number of hydrogen-bond acceptors (Lipinski definition) is 7. The summed E-state index contributed by atoms with van der Waals surface area (Å²) >= 11 is 0. The van der Waals surface area contributed by atoms with Gasteiger partial charge in [-0.1, -0.05) is 33.3 Å². The maximum absolute atomic E-state index is 13.6. The van der Waals surface area contributed by atoms with Gasteiger partial charge in [0.2, 0.25) is 5.78 Å². The van der Waals surface area contributed by atoms with Crippen molar-refractivity contribution in [2.75, 3.05) is 0 Å². The zero-order chi connectivity index (χ0) is 24.4. The quantitative estimate of drug-likeness (QED) is 0.511. The second-order valence-electron chi connectivity index (χ2n) is 9.83. The van der Waals surface area contributed by atoms with Gasteiger partial charge in [0, 0.05) is 17.9 Å². The van der Waals surface area contributed by atoms with E-state index in [0.29, 0.717) is 18.4 Å². The van der Waals surface area contributed by atoms with E-state index in [0.717, 1.165) is 24.5 Å². The van der Waals surface area contributed by atoms with Crippen molar-refractivity contribution >= 4 is 23.1 Å². The molecule has 7 heteroatoms. The zero-order valence-corrected chi connectivity index (χ0v) is 19.4. The number of hydrogen-bond donors (Lipinski definition) is 4. The van der Waals surface area contributed by atoms with Crippen LogP contribution in [0.5, 0.6) is 5.75 Å². The van der Waals surface area contributed by atoms with E-state index in [2.05, 4.69) is 0 Å². The Labute approximate surface area is 192 Å². The van der Waals surface area contributed by atoms with Gasteiger partial charge in [-0.3, -0.25) is 14.4 Å². The Morgan fingerprint density at radius 1 is 1.18 bits per heavy atom. The Kier molecular flexibility index (Phi) is 5.52. The molecule has 3 atom stereocenters. The van der Waals surface area contributed by atoms with Crippen LogP contribution in [0.3, 0.4) is 0 Å². The molecule has 0 radical (unpaired) electrons. The van der Waals surface area contributed by atoms with E-state index in [9.17, 15) is 34.8 Å². The number of aromatic hydroxyl groups is 1. The van der Waals surface area contributed by atoms with Gasteiger partial charge in [-0.05, 0) is 54.7 Å². The number of phenols is 1. The summed E-state index contributed by atoms with van der Waals surface area (Å²) in [6.45, 7) is 7.12. The Hall–Kier alpha value is -2.93. The molecular formula is C26H30O7. The van der Waals surface area contributed by atoms with Crippen LogP contribution in [0.2, 0.25) is 0 Å². The Morgan fingerprint density at radius 2 is 1.85 bits per heavy atom. The van der Waals surface area contributed by atoms with Crippen molar-refractivity contribution in [3.8, 4) is 5.75 Å². The van der Waals surface area contributed by atoms with Crippen molar-refractivity contribution in [1.82, 2.24) is 0 Å². The lowest BCUT2D eigenvalue weighted by atomic mass is 9.58. The number of Topliss-reactive ketones (excluding diaryl/α,β-unsaturated/α-hetero) is 3. The molecule has 0 spiro atoms. The summed E-state index contributed by atoms with van der Waals surface area (Å²) in [7, 11) is 0. The SMILES string of the molecule is CCCc1cc(C(C)C)c2c(c1O)C(O)=C1C(=O)[C@]3(O)C(O)=C(C(C)=O)C(=O)C[C@@H]3C[C@@H]1C2. The molecule has 4 N–H and O–H groups in total. The number of ketones is 3. The molecule has 1 aromatic rings. The van der Waals surface area contributed by atoms with E-state index >= 15 is 0 Å². The maximum atomic E-state index is 13.6. The van der Waals surface area contributed by atoms with Gasteiger partial charge >= 0.3 is 0 Å². The Bertz CT molecular complexity index is 1150. The molecule has 0 aromatic heterocycles. The first-order valence-corrected chi connectivity index (χ1v) is 11.5. The van der Waals surface area contributed by atoms with Crippen LogP contribution in [0.25, 0.3) is 5.76 Å². The number of aliphatic hydroxyl groups excluding tert-OH is 2. The number of benzene rings is 1. The molecule has 33 heavy (non-hydrogen) atoms. The summed E-state index contributed by atoms with van der Waals surface area (Å²) < 4.78 is 0. The minimum atomic E-state index is -2.45. The van der Waals surface area contributed by atoms with Gasteiger partial charge < -0.3 is 20.4 Å². The largest absolute Gasteiger partial charge is 0.508 e. The molecule has 7 nitrogen and oxygen atoms in total. The number of fused-ring (bicyclic) bond motifs is 3. The number of rotatable bonds is 4. The highest BCUT2D eigenvalue weighted by Gasteiger charge is 2.60. The van der Waals surface area contributed by atoms with Gasteiger partial charge in [0.25, 0.3) is 0 Å². The molecule has 0 bridgehead atoms. The van der Waals surface area contributed by atoms with E-state index in [1.807, 2.05) is 26.8 Å². The average Bonchev–Trinajstić information content (AvgIpc) is 2.72. The monoisotopic (exact) mass is 454 g/mol. The molecule has 0 amide bonds. The number of allylic oxidation sites excluding steroid dienone is 1. The molecule has 176 valence electrons. The first-order valence-electron chi connectivity index (χ1n) is 11.5. The Morgan fingerprint density at radius 3 is 2.42 bits per heavy atom. The molecular weight excluding hydrogens is 424 g/mol. The Balaban J connectivity index is 1.96. The number of carbonyl (C=O) groups is 3. The van der Waals surface area contributed by atoms with E-state index in [4.69, 9.17) is 0 Å². The van der Waals surface area contributed by atoms with Crippen molar-refractivity contribution in [3.63, 3.8) is 0 Å². The fraction of sp³-hybridized carbons (Fsp3) is 0.500. The third kappa shape index (κ3) is 3.16. The highest BCUT2D eigenvalue weighted by atomic mass is 16.3.